The van der Waals surface area contributed by atoms with Crippen molar-refractivity contribution in [3.8, 4) is 0 Å². The predicted molar refractivity (Wildman–Crippen MR) is 77.0 cm³/mol. The summed E-state index contributed by atoms with van der Waals surface area (Å²) < 4.78 is 0. The number of rotatable bonds is 6. The van der Waals surface area contributed by atoms with Crippen molar-refractivity contribution in [1.29, 1.82) is 0 Å². The lowest BCUT2D eigenvalue weighted by Crippen LogP contribution is -2.28. The van der Waals surface area contributed by atoms with Gasteiger partial charge in [-0.2, -0.15) is 0 Å². The maximum atomic E-state index is 12.0. The highest BCUT2D eigenvalue weighted by Gasteiger charge is 2.10. The number of amides is 1. The number of anilines is 1. The minimum atomic E-state index is 0.172. The Balaban J connectivity index is 2.42. The second-order valence-electron chi connectivity index (χ2n) is 5.00. The first kappa shape index (κ1) is 14.7. The Kier molecular flexibility index (Phi) is 5.86. The van der Waals surface area contributed by atoms with Crippen LogP contribution in [0.5, 0.6) is 0 Å². The van der Waals surface area contributed by atoms with Gasteiger partial charge >= 0.3 is 0 Å². The van der Waals surface area contributed by atoms with E-state index in [0.717, 1.165) is 18.7 Å². The summed E-state index contributed by atoms with van der Waals surface area (Å²) in [5.41, 5.74) is 2.14. The molecule has 100 valence electrons. The number of carbonyl (C=O) groups is 1. The fraction of sp³-hybridized carbons (Fsp3) is 0.533. The quantitative estimate of drug-likeness (QED) is 0.785. The van der Waals surface area contributed by atoms with Gasteiger partial charge in [0.1, 0.15) is 0 Å². The number of benzene rings is 1. The van der Waals surface area contributed by atoms with Gasteiger partial charge in [-0.05, 0) is 37.6 Å². The van der Waals surface area contributed by atoms with E-state index in [1.165, 1.54) is 5.56 Å². The first-order valence-electron chi connectivity index (χ1n) is 6.57. The van der Waals surface area contributed by atoms with Crippen LogP contribution >= 0.6 is 0 Å². The molecule has 1 rings (SSSR count). The molecule has 0 bridgehead atoms. The lowest BCUT2D eigenvalue weighted by Gasteiger charge is -2.18. The smallest absolute Gasteiger partial charge is 0.226 e. The van der Waals surface area contributed by atoms with Crippen molar-refractivity contribution in [2.24, 2.45) is 0 Å². The average molecular weight is 248 g/mol. The van der Waals surface area contributed by atoms with Gasteiger partial charge in [-0.1, -0.05) is 26.0 Å². The molecule has 0 aliphatic carbocycles. The van der Waals surface area contributed by atoms with E-state index in [2.05, 4.69) is 19.2 Å². The van der Waals surface area contributed by atoms with E-state index in [1.54, 1.807) is 4.90 Å². The Morgan fingerprint density at radius 2 is 2.11 bits per heavy atom. The van der Waals surface area contributed by atoms with E-state index < -0.39 is 0 Å². The zero-order valence-electron chi connectivity index (χ0n) is 11.9. The highest BCUT2D eigenvalue weighted by molar-refractivity contribution is 5.92. The number of carbonyl (C=O) groups excluding carboxylic acids is 1. The summed E-state index contributed by atoms with van der Waals surface area (Å²) in [7, 11) is 1.84. The molecule has 0 saturated heterocycles. The summed E-state index contributed by atoms with van der Waals surface area (Å²) in [5, 5.41) is 3.32. The van der Waals surface area contributed by atoms with Crippen LogP contribution in [-0.4, -0.2) is 25.5 Å². The van der Waals surface area contributed by atoms with Crippen molar-refractivity contribution in [3.05, 3.63) is 29.8 Å². The molecule has 0 heterocycles. The maximum absolute atomic E-state index is 12.0. The molecule has 0 aliphatic heterocycles. The number of aryl methyl sites for hydroxylation is 1. The zero-order chi connectivity index (χ0) is 13.5. The van der Waals surface area contributed by atoms with Crippen LogP contribution in [0.2, 0.25) is 0 Å². The molecule has 0 saturated carbocycles. The van der Waals surface area contributed by atoms with Gasteiger partial charge in [0.15, 0.2) is 0 Å². The second kappa shape index (κ2) is 7.17. The summed E-state index contributed by atoms with van der Waals surface area (Å²) in [6.07, 6.45) is 1.47. The molecular formula is C15H24N2O. The van der Waals surface area contributed by atoms with Crippen LogP contribution in [0.1, 0.15) is 32.3 Å². The molecule has 1 N–H and O–H groups in total. The number of hydrogen-bond acceptors (Lipinski definition) is 2. The summed E-state index contributed by atoms with van der Waals surface area (Å²) in [6, 6.07) is 8.50. The Bertz CT molecular complexity index is 388. The van der Waals surface area contributed by atoms with Gasteiger partial charge in [-0.25, -0.2) is 0 Å². The maximum Gasteiger partial charge on any atom is 0.226 e. The summed E-state index contributed by atoms with van der Waals surface area (Å²) in [5.74, 6) is 0.172. The Labute approximate surface area is 110 Å². The summed E-state index contributed by atoms with van der Waals surface area (Å²) in [4.78, 5) is 13.7. The minimum absolute atomic E-state index is 0.172. The van der Waals surface area contributed by atoms with Crippen LogP contribution in [-0.2, 0) is 4.79 Å². The molecule has 3 heteroatoms. The van der Waals surface area contributed by atoms with Gasteiger partial charge in [-0.3, -0.25) is 4.79 Å². The molecule has 0 radical (unpaired) electrons. The van der Waals surface area contributed by atoms with E-state index >= 15 is 0 Å². The molecule has 3 nitrogen and oxygen atoms in total. The van der Waals surface area contributed by atoms with Crippen molar-refractivity contribution in [2.75, 3.05) is 18.5 Å². The molecule has 0 fully saturated rings. The summed E-state index contributed by atoms with van der Waals surface area (Å²) >= 11 is 0. The highest BCUT2D eigenvalue weighted by Crippen LogP contribution is 2.15. The molecule has 1 amide bonds. The van der Waals surface area contributed by atoms with Gasteiger partial charge in [0.05, 0.1) is 0 Å². The standard InChI is InChI=1S/C15H24N2O/c1-12(2)16-10-6-9-15(18)17(4)14-8-5-7-13(3)11-14/h5,7-8,11-12,16H,6,9-10H2,1-4H3. The van der Waals surface area contributed by atoms with Crippen LogP contribution in [0.25, 0.3) is 0 Å². The van der Waals surface area contributed by atoms with Crippen LogP contribution in [0.3, 0.4) is 0 Å². The highest BCUT2D eigenvalue weighted by atomic mass is 16.2. The van der Waals surface area contributed by atoms with Crippen molar-refractivity contribution in [1.82, 2.24) is 5.32 Å². The molecule has 0 spiro atoms. The van der Waals surface area contributed by atoms with E-state index in [0.29, 0.717) is 12.5 Å². The van der Waals surface area contributed by atoms with Gasteiger partial charge in [0.2, 0.25) is 5.91 Å². The van der Waals surface area contributed by atoms with Gasteiger partial charge in [0, 0.05) is 25.2 Å². The Hall–Kier alpha value is -1.35. The van der Waals surface area contributed by atoms with Crippen LogP contribution < -0.4 is 10.2 Å². The van der Waals surface area contributed by atoms with Gasteiger partial charge in [-0.15, -0.1) is 0 Å². The topological polar surface area (TPSA) is 32.3 Å². The monoisotopic (exact) mass is 248 g/mol. The van der Waals surface area contributed by atoms with Crippen molar-refractivity contribution in [3.63, 3.8) is 0 Å². The predicted octanol–water partition coefficient (Wildman–Crippen LogP) is 2.74. The van der Waals surface area contributed by atoms with E-state index in [-0.39, 0.29) is 5.91 Å². The normalized spacial score (nSPS) is 10.7. The third-order valence-electron chi connectivity index (χ3n) is 2.88. The SMILES string of the molecule is Cc1cccc(N(C)C(=O)CCCNC(C)C)c1. The fourth-order valence-corrected chi connectivity index (χ4v) is 1.78. The number of hydrogen-bond donors (Lipinski definition) is 1. The molecule has 0 aliphatic rings. The first-order valence-corrected chi connectivity index (χ1v) is 6.57. The van der Waals surface area contributed by atoms with Crippen molar-refractivity contribution in [2.45, 2.75) is 39.7 Å². The van der Waals surface area contributed by atoms with E-state index in [4.69, 9.17) is 0 Å². The fourth-order valence-electron chi connectivity index (χ4n) is 1.78. The molecular weight excluding hydrogens is 224 g/mol. The van der Waals surface area contributed by atoms with Crippen LogP contribution in [0, 0.1) is 6.92 Å². The lowest BCUT2D eigenvalue weighted by molar-refractivity contribution is -0.118. The average Bonchev–Trinajstić information content (AvgIpc) is 2.33. The van der Waals surface area contributed by atoms with E-state index in [1.807, 2.05) is 38.2 Å². The van der Waals surface area contributed by atoms with Gasteiger partial charge < -0.3 is 10.2 Å². The molecule has 0 unspecified atom stereocenters. The summed E-state index contributed by atoms with van der Waals surface area (Å²) in [6.45, 7) is 7.15. The number of nitrogens with one attached hydrogen (secondary N) is 1. The van der Waals surface area contributed by atoms with Gasteiger partial charge in [0.25, 0.3) is 0 Å². The van der Waals surface area contributed by atoms with Crippen molar-refractivity contribution < 1.29 is 4.79 Å². The molecule has 0 atom stereocenters. The molecule has 1 aromatic rings. The van der Waals surface area contributed by atoms with E-state index in [9.17, 15) is 4.79 Å². The van der Waals surface area contributed by atoms with Crippen LogP contribution in [0.4, 0.5) is 5.69 Å². The minimum Gasteiger partial charge on any atom is -0.315 e. The first-order chi connectivity index (χ1) is 8.50. The van der Waals surface area contributed by atoms with Crippen molar-refractivity contribution >= 4 is 11.6 Å². The Morgan fingerprint density at radius 3 is 2.72 bits per heavy atom. The number of nitrogens with zero attached hydrogens (tertiary/aromatic N) is 1. The molecule has 0 aromatic heterocycles. The zero-order valence-corrected chi connectivity index (χ0v) is 11.9. The molecule has 18 heavy (non-hydrogen) atoms. The van der Waals surface area contributed by atoms with Crippen LogP contribution in [0.15, 0.2) is 24.3 Å². The largest absolute Gasteiger partial charge is 0.315 e. The second-order valence-corrected chi connectivity index (χ2v) is 5.00. The third kappa shape index (κ3) is 4.88. The molecule has 1 aromatic carbocycles. The Morgan fingerprint density at radius 1 is 1.39 bits per heavy atom. The third-order valence-corrected chi connectivity index (χ3v) is 2.88. The lowest BCUT2D eigenvalue weighted by atomic mass is 10.2.